The van der Waals surface area contributed by atoms with Gasteiger partial charge in [-0.15, -0.1) is 0 Å². The van der Waals surface area contributed by atoms with E-state index in [0.29, 0.717) is 0 Å². The Balaban J connectivity index is 2.43. The molecule has 2 rings (SSSR count). The van der Waals surface area contributed by atoms with Gasteiger partial charge in [-0.25, -0.2) is 0 Å². The van der Waals surface area contributed by atoms with Crippen LogP contribution in [0.2, 0.25) is 0 Å². The first-order chi connectivity index (χ1) is 5.86. The van der Waals surface area contributed by atoms with Crippen LogP contribution >= 0.6 is 0 Å². The van der Waals surface area contributed by atoms with Crippen molar-refractivity contribution in [1.29, 1.82) is 0 Å². The van der Waals surface area contributed by atoms with Gasteiger partial charge in [-0.3, -0.25) is 0 Å². The number of hydrogen-bond acceptors (Lipinski definition) is 2. The fraction of sp³-hybridized carbons (Fsp3) is 0. The van der Waals surface area contributed by atoms with Crippen molar-refractivity contribution < 1.29 is 9.52 Å². The molecule has 0 saturated carbocycles. The molecule has 60 valence electrons. The lowest BCUT2D eigenvalue weighted by Crippen LogP contribution is -1.71. The van der Waals surface area contributed by atoms with Crippen LogP contribution in [0.15, 0.2) is 47.3 Å². The summed E-state index contributed by atoms with van der Waals surface area (Å²) in [7, 11) is 0. The smallest absolute Gasteiger partial charge is 0.115 e. The maximum Gasteiger partial charge on any atom is 0.115 e. The van der Waals surface area contributed by atoms with Gasteiger partial charge in [0, 0.05) is 5.56 Å². The summed E-state index contributed by atoms with van der Waals surface area (Å²) in [6, 6.07) is 8.89. The quantitative estimate of drug-likeness (QED) is 0.695. The van der Waals surface area contributed by atoms with Gasteiger partial charge in [0.15, 0.2) is 0 Å². The molecule has 0 aliphatic heterocycles. The van der Waals surface area contributed by atoms with E-state index < -0.39 is 0 Å². The zero-order chi connectivity index (χ0) is 8.39. The Morgan fingerprint density at radius 1 is 0.917 bits per heavy atom. The molecule has 0 atom stereocenters. The van der Waals surface area contributed by atoms with Crippen LogP contribution in [0.1, 0.15) is 0 Å². The van der Waals surface area contributed by atoms with Crippen molar-refractivity contribution in [3.8, 4) is 16.9 Å². The van der Waals surface area contributed by atoms with Crippen molar-refractivity contribution in [1.82, 2.24) is 0 Å². The van der Waals surface area contributed by atoms with Crippen LogP contribution in [0.25, 0.3) is 11.1 Å². The van der Waals surface area contributed by atoms with E-state index in [0.717, 1.165) is 11.1 Å². The first-order valence-electron chi connectivity index (χ1n) is 3.68. The predicted octanol–water partition coefficient (Wildman–Crippen LogP) is 2.65. The topological polar surface area (TPSA) is 33.4 Å². The minimum Gasteiger partial charge on any atom is -0.508 e. The molecule has 0 aliphatic carbocycles. The summed E-state index contributed by atoms with van der Waals surface area (Å²) in [4.78, 5) is 0. The molecule has 1 aromatic carbocycles. The average Bonchev–Trinajstić information content (AvgIpc) is 2.58. The Morgan fingerprint density at radius 3 is 2.25 bits per heavy atom. The van der Waals surface area contributed by atoms with Crippen molar-refractivity contribution in [3.05, 3.63) is 42.9 Å². The molecule has 0 unspecified atom stereocenters. The largest absolute Gasteiger partial charge is 0.508 e. The third-order valence-electron chi connectivity index (χ3n) is 1.72. The third-order valence-corrected chi connectivity index (χ3v) is 1.72. The van der Waals surface area contributed by atoms with E-state index in [4.69, 9.17) is 9.52 Å². The van der Waals surface area contributed by atoms with Gasteiger partial charge in [0.1, 0.15) is 5.75 Å². The normalized spacial score (nSPS) is 10.0. The van der Waals surface area contributed by atoms with Crippen molar-refractivity contribution in [3.63, 3.8) is 0 Å². The minimum atomic E-state index is 0.280. The molecule has 12 heavy (non-hydrogen) atoms. The number of aromatic hydroxyl groups is 1. The standard InChI is InChI=1S/C10H8O2/c11-10-3-1-8(2-4-10)9-5-6-12-7-9/h1-7,11H. The molecular formula is C10H8O2. The van der Waals surface area contributed by atoms with Gasteiger partial charge in [0.25, 0.3) is 0 Å². The van der Waals surface area contributed by atoms with Gasteiger partial charge in [0.2, 0.25) is 0 Å². The number of hydrogen-bond donors (Lipinski definition) is 1. The highest BCUT2D eigenvalue weighted by molar-refractivity contribution is 5.62. The van der Waals surface area contributed by atoms with Crippen molar-refractivity contribution >= 4 is 0 Å². The Bertz CT molecular complexity index is 346. The molecule has 0 amide bonds. The average molecular weight is 160 g/mol. The van der Waals surface area contributed by atoms with E-state index in [9.17, 15) is 0 Å². The maximum absolute atomic E-state index is 9.03. The van der Waals surface area contributed by atoms with E-state index in [1.165, 1.54) is 0 Å². The third kappa shape index (κ3) is 1.19. The highest BCUT2D eigenvalue weighted by Crippen LogP contribution is 2.21. The van der Waals surface area contributed by atoms with E-state index in [-0.39, 0.29) is 5.75 Å². The second kappa shape index (κ2) is 2.74. The summed E-state index contributed by atoms with van der Waals surface area (Å²) in [6.45, 7) is 0. The van der Waals surface area contributed by atoms with Crippen LogP contribution in [0.4, 0.5) is 0 Å². The molecular weight excluding hydrogens is 152 g/mol. The zero-order valence-corrected chi connectivity index (χ0v) is 6.40. The summed E-state index contributed by atoms with van der Waals surface area (Å²) in [5.41, 5.74) is 2.07. The number of rotatable bonds is 1. The first kappa shape index (κ1) is 6.98. The summed E-state index contributed by atoms with van der Waals surface area (Å²) in [5.74, 6) is 0.280. The monoisotopic (exact) mass is 160 g/mol. The molecule has 2 heteroatoms. The molecule has 1 heterocycles. The summed E-state index contributed by atoms with van der Waals surface area (Å²) < 4.78 is 4.94. The summed E-state index contributed by atoms with van der Waals surface area (Å²) in [5, 5.41) is 9.03. The van der Waals surface area contributed by atoms with Gasteiger partial charge in [-0.1, -0.05) is 12.1 Å². The summed E-state index contributed by atoms with van der Waals surface area (Å²) in [6.07, 6.45) is 3.30. The second-order valence-electron chi connectivity index (χ2n) is 2.56. The Kier molecular flexibility index (Phi) is 1.59. The van der Waals surface area contributed by atoms with Crippen LogP contribution < -0.4 is 0 Å². The Hall–Kier alpha value is -1.70. The highest BCUT2D eigenvalue weighted by Gasteiger charge is 1.97. The molecule has 0 bridgehead atoms. The van der Waals surface area contributed by atoms with Gasteiger partial charge in [-0.05, 0) is 23.8 Å². The molecule has 0 aliphatic rings. The first-order valence-corrected chi connectivity index (χ1v) is 3.68. The number of phenolic OH excluding ortho intramolecular Hbond substituents is 1. The van der Waals surface area contributed by atoms with Gasteiger partial charge >= 0.3 is 0 Å². The van der Waals surface area contributed by atoms with Gasteiger partial charge in [0.05, 0.1) is 12.5 Å². The molecule has 2 aromatic rings. The minimum absolute atomic E-state index is 0.280. The van der Waals surface area contributed by atoms with Crippen LogP contribution in [0.5, 0.6) is 5.75 Å². The predicted molar refractivity (Wildman–Crippen MR) is 45.8 cm³/mol. The van der Waals surface area contributed by atoms with E-state index in [1.54, 1.807) is 24.7 Å². The molecule has 0 fully saturated rings. The fourth-order valence-corrected chi connectivity index (χ4v) is 1.08. The second-order valence-corrected chi connectivity index (χ2v) is 2.56. The summed E-state index contributed by atoms with van der Waals surface area (Å²) >= 11 is 0. The van der Waals surface area contributed by atoms with Crippen molar-refractivity contribution in [2.45, 2.75) is 0 Å². The number of furan rings is 1. The lowest BCUT2D eigenvalue weighted by Gasteiger charge is -1.95. The van der Waals surface area contributed by atoms with Crippen molar-refractivity contribution in [2.75, 3.05) is 0 Å². The van der Waals surface area contributed by atoms with Crippen LogP contribution in [-0.4, -0.2) is 5.11 Å². The van der Waals surface area contributed by atoms with Gasteiger partial charge < -0.3 is 9.52 Å². The lowest BCUT2D eigenvalue weighted by molar-refractivity contribution is 0.475. The maximum atomic E-state index is 9.03. The van der Waals surface area contributed by atoms with E-state index in [2.05, 4.69) is 0 Å². The molecule has 0 saturated heterocycles. The van der Waals surface area contributed by atoms with Gasteiger partial charge in [-0.2, -0.15) is 0 Å². The van der Waals surface area contributed by atoms with Crippen molar-refractivity contribution in [2.24, 2.45) is 0 Å². The molecule has 1 N–H and O–H groups in total. The van der Waals surface area contributed by atoms with E-state index >= 15 is 0 Å². The van der Waals surface area contributed by atoms with Crippen LogP contribution in [0.3, 0.4) is 0 Å². The van der Waals surface area contributed by atoms with Crippen LogP contribution in [-0.2, 0) is 0 Å². The molecule has 0 radical (unpaired) electrons. The molecule has 1 aromatic heterocycles. The SMILES string of the molecule is Oc1ccc(-c2ccoc2)cc1. The molecule has 0 spiro atoms. The fourth-order valence-electron chi connectivity index (χ4n) is 1.08. The van der Waals surface area contributed by atoms with E-state index in [1.807, 2.05) is 18.2 Å². The highest BCUT2D eigenvalue weighted by atomic mass is 16.3. The zero-order valence-electron chi connectivity index (χ0n) is 6.40. The Morgan fingerprint density at radius 2 is 1.67 bits per heavy atom. The molecule has 2 nitrogen and oxygen atoms in total. The number of benzene rings is 1. The number of phenols is 1. The van der Waals surface area contributed by atoms with Crippen LogP contribution in [0, 0.1) is 0 Å². The lowest BCUT2D eigenvalue weighted by atomic mass is 10.1. The Labute approximate surface area is 70.1 Å².